The molecule has 0 spiro atoms. The topological polar surface area (TPSA) is 81.1 Å². The van der Waals surface area contributed by atoms with E-state index in [0.29, 0.717) is 6.42 Å². The summed E-state index contributed by atoms with van der Waals surface area (Å²) >= 11 is 0. The van der Waals surface area contributed by atoms with Crippen molar-refractivity contribution in [2.45, 2.75) is 25.8 Å². The van der Waals surface area contributed by atoms with Crippen LogP contribution in [0.5, 0.6) is 0 Å². The van der Waals surface area contributed by atoms with Crippen LogP contribution in [0.3, 0.4) is 0 Å². The molecule has 0 aliphatic heterocycles. The van der Waals surface area contributed by atoms with Crippen molar-refractivity contribution in [3.05, 3.63) is 48.3 Å². The molecule has 2 atom stereocenters. The Morgan fingerprint density at radius 1 is 1.40 bits per heavy atom. The maximum Gasteiger partial charge on any atom is 0.303 e. The van der Waals surface area contributed by atoms with Crippen molar-refractivity contribution in [3.8, 4) is 5.69 Å². The minimum atomic E-state index is -0.787. The minimum Gasteiger partial charge on any atom is -0.481 e. The van der Waals surface area contributed by atoms with Crippen LogP contribution in [0.2, 0.25) is 0 Å². The van der Waals surface area contributed by atoms with E-state index in [2.05, 4.69) is 5.10 Å². The fourth-order valence-corrected chi connectivity index (χ4v) is 2.20. The van der Waals surface area contributed by atoms with Gasteiger partial charge in [-0.3, -0.25) is 4.79 Å². The van der Waals surface area contributed by atoms with Crippen LogP contribution in [0.15, 0.2) is 42.7 Å². The number of nitrogens with two attached hydrogens (primary N) is 1. The molecule has 2 aromatic rings. The molecular formula is C15H19N3O2. The smallest absolute Gasteiger partial charge is 0.303 e. The third-order valence-electron chi connectivity index (χ3n) is 3.23. The fraction of sp³-hybridized carbons (Fsp3) is 0.333. The van der Waals surface area contributed by atoms with Gasteiger partial charge in [0.05, 0.1) is 11.9 Å². The second-order valence-electron chi connectivity index (χ2n) is 5.10. The van der Waals surface area contributed by atoms with Gasteiger partial charge in [0.1, 0.15) is 0 Å². The lowest BCUT2D eigenvalue weighted by Gasteiger charge is -2.14. The van der Waals surface area contributed by atoms with Gasteiger partial charge >= 0.3 is 5.97 Å². The molecule has 0 aliphatic carbocycles. The van der Waals surface area contributed by atoms with Gasteiger partial charge in [0.15, 0.2) is 0 Å². The first kappa shape index (κ1) is 14.3. The van der Waals surface area contributed by atoms with E-state index >= 15 is 0 Å². The highest BCUT2D eigenvalue weighted by Gasteiger charge is 2.15. The van der Waals surface area contributed by atoms with Crippen molar-refractivity contribution in [1.82, 2.24) is 9.78 Å². The van der Waals surface area contributed by atoms with E-state index in [1.165, 1.54) is 0 Å². The van der Waals surface area contributed by atoms with E-state index in [9.17, 15) is 4.79 Å². The molecule has 0 amide bonds. The largest absolute Gasteiger partial charge is 0.481 e. The first-order valence-corrected chi connectivity index (χ1v) is 6.63. The zero-order valence-corrected chi connectivity index (χ0v) is 11.4. The molecule has 2 rings (SSSR count). The van der Waals surface area contributed by atoms with Crippen molar-refractivity contribution in [1.29, 1.82) is 0 Å². The maximum atomic E-state index is 10.7. The average Bonchev–Trinajstić information content (AvgIpc) is 2.88. The predicted molar refractivity (Wildman–Crippen MR) is 76.5 cm³/mol. The summed E-state index contributed by atoms with van der Waals surface area (Å²) in [6.45, 7) is 1.90. The molecule has 5 heteroatoms. The zero-order valence-electron chi connectivity index (χ0n) is 11.4. The molecule has 106 valence electrons. The van der Waals surface area contributed by atoms with Crippen LogP contribution in [0.25, 0.3) is 5.69 Å². The summed E-state index contributed by atoms with van der Waals surface area (Å²) in [5, 5.41) is 13.1. The molecule has 0 bridgehead atoms. The summed E-state index contributed by atoms with van der Waals surface area (Å²) in [4.78, 5) is 10.7. The number of para-hydroxylation sites is 1. The standard InChI is InChI=1S/C15H19N3O2/c1-11(8-15(19)20)7-14(16)12-9-17-18(10-12)13-5-3-2-4-6-13/h2-6,9-11,14H,7-8,16H2,1H3,(H,19,20). The van der Waals surface area contributed by atoms with Crippen LogP contribution >= 0.6 is 0 Å². The summed E-state index contributed by atoms with van der Waals surface area (Å²) in [5.74, 6) is -0.743. The molecule has 20 heavy (non-hydrogen) atoms. The van der Waals surface area contributed by atoms with Crippen LogP contribution in [0, 0.1) is 5.92 Å². The van der Waals surface area contributed by atoms with Crippen LogP contribution in [0.1, 0.15) is 31.4 Å². The summed E-state index contributed by atoms with van der Waals surface area (Å²) in [6, 6.07) is 9.59. The highest BCUT2D eigenvalue weighted by molar-refractivity contribution is 5.66. The van der Waals surface area contributed by atoms with E-state index in [1.807, 2.05) is 43.5 Å². The van der Waals surface area contributed by atoms with Gasteiger partial charge in [-0.25, -0.2) is 4.68 Å². The van der Waals surface area contributed by atoms with Crippen molar-refractivity contribution in [2.24, 2.45) is 11.7 Å². The Morgan fingerprint density at radius 2 is 2.10 bits per heavy atom. The van der Waals surface area contributed by atoms with Crippen LogP contribution < -0.4 is 5.73 Å². The molecule has 2 unspecified atom stereocenters. The number of carbonyl (C=O) groups is 1. The van der Waals surface area contributed by atoms with Crippen molar-refractivity contribution in [2.75, 3.05) is 0 Å². The molecule has 1 aromatic heterocycles. The molecule has 0 radical (unpaired) electrons. The van der Waals surface area contributed by atoms with E-state index in [0.717, 1.165) is 11.3 Å². The average molecular weight is 273 g/mol. The second kappa shape index (κ2) is 6.34. The number of hydrogen-bond donors (Lipinski definition) is 2. The number of carboxylic acids is 1. The molecule has 1 aromatic carbocycles. The van der Waals surface area contributed by atoms with Gasteiger partial charge in [-0.2, -0.15) is 5.10 Å². The number of aliphatic carboxylic acids is 1. The molecule has 0 saturated heterocycles. The van der Waals surface area contributed by atoms with E-state index in [-0.39, 0.29) is 18.4 Å². The van der Waals surface area contributed by atoms with Gasteiger partial charge in [-0.1, -0.05) is 25.1 Å². The van der Waals surface area contributed by atoms with E-state index < -0.39 is 5.97 Å². The molecule has 3 N–H and O–H groups in total. The predicted octanol–water partition coefficient (Wildman–Crippen LogP) is 2.37. The quantitative estimate of drug-likeness (QED) is 0.846. The number of rotatable bonds is 6. The third kappa shape index (κ3) is 3.68. The third-order valence-corrected chi connectivity index (χ3v) is 3.23. The maximum absolute atomic E-state index is 10.7. The molecular weight excluding hydrogens is 254 g/mol. The fourth-order valence-electron chi connectivity index (χ4n) is 2.20. The molecule has 0 fully saturated rings. The van der Waals surface area contributed by atoms with Gasteiger partial charge in [0, 0.05) is 24.2 Å². The van der Waals surface area contributed by atoms with E-state index in [1.54, 1.807) is 10.9 Å². The Bertz CT molecular complexity index is 566. The van der Waals surface area contributed by atoms with Gasteiger partial charge in [0.2, 0.25) is 0 Å². The first-order chi connectivity index (χ1) is 9.56. The van der Waals surface area contributed by atoms with Crippen LogP contribution in [0.4, 0.5) is 0 Å². The normalized spacial score (nSPS) is 13.9. The Balaban J connectivity index is 2.03. The molecule has 0 aliphatic rings. The Hall–Kier alpha value is -2.14. The summed E-state index contributed by atoms with van der Waals surface area (Å²) in [5.41, 5.74) is 8.02. The van der Waals surface area contributed by atoms with Crippen molar-refractivity contribution >= 4 is 5.97 Å². The SMILES string of the molecule is CC(CC(=O)O)CC(N)c1cnn(-c2ccccc2)c1. The van der Waals surface area contributed by atoms with Crippen molar-refractivity contribution < 1.29 is 9.90 Å². The first-order valence-electron chi connectivity index (χ1n) is 6.63. The highest BCUT2D eigenvalue weighted by Crippen LogP contribution is 2.21. The number of benzene rings is 1. The molecule has 1 heterocycles. The van der Waals surface area contributed by atoms with Gasteiger partial charge in [-0.15, -0.1) is 0 Å². The van der Waals surface area contributed by atoms with E-state index in [4.69, 9.17) is 10.8 Å². The number of nitrogens with zero attached hydrogens (tertiary/aromatic N) is 2. The lowest BCUT2D eigenvalue weighted by Crippen LogP contribution is -2.15. The Labute approximate surface area is 118 Å². The minimum absolute atomic E-state index is 0.0441. The zero-order chi connectivity index (χ0) is 14.5. The lowest BCUT2D eigenvalue weighted by molar-refractivity contribution is -0.138. The molecule has 0 saturated carbocycles. The van der Waals surface area contributed by atoms with Crippen LogP contribution in [-0.4, -0.2) is 20.9 Å². The summed E-state index contributed by atoms with van der Waals surface area (Å²) < 4.78 is 1.77. The monoisotopic (exact) mass is 273 g/mol. The number of aromatic nitrogens is 2. The van der Waals surface area contributed by atoms with Gasteiger partial charge in [-0.05, 0) is 24.5 Å². The summed E-state index contributed by atoms with van der Waals surface area (Å²) in [6.07, 6.45) is 4.41. The Kier molecular flexibility index (Phi) is 4.53. The highest BCUT2D eigenvalue weighted by atomic mass is 16.4. The Morgan fingerprint density at radius 3 is 2.75 bits per heavy atom. The lowest BCUT2D eigenvalue weighted by atomic mass is 9.96. The van der Waals surface area contributed by atoms with Gasteiger partial charge in [0.25, 0.3) is 0 Å². The van der Waals surface area contributed by atoms with Crippen molar-refractivity contribution in [3.63, 3.8) is 0 Å². The number of hydrogen-bond acceptors (Lipinski definition) is 3. The second-order valence-corrected chi connectivity index (χ2v) is 5.10. The summed E-state index contributed by atoms with van der Waals surface area (Å²) in [7, 11) is 0. The van der Waals surface area contributed by atoms with Gasteiger partial charge < -0.3 is 10.8 Å². The molecule has 5 nitrogen and oxygen atoms in total. The van der Waals surface area contributed by atoms with Crippen LogP contribution in [-0.2, 0) is 4.79 Å². The number of carboxylic acid groups (broad SMARTS) is 1.